The van der Waals surface area contributed by atoms with Crippen LogP contribution in [0.2, 0.25) is 0 Å². The molecule has 0 aliphatic heterocycles. The van der Waals surface area contributed by atoms with Gasteiger partial charge in [-0.2, -0.15) is 0 Å². The van der Waals surface area contributed by atoms with Crippen LogP contribution in [-0.4, -0.2) is 17.5 Å². The Labute approximate surface area is 121 Å². The smallest absolute Gasteiger partial charge is 0.269 e. The minimum atomic E-state index is -0.329. The van der Waals surface area contributed by atoms with Crippen molar-refractivity contribution in [2.24, 2.45) is 5.92 Å². The van der Waals surface area contributed by atoms with Crippen molar-refractivity contribution in [3.05, 3.63) is 39.9 Å². The van der Waals surface area contributed by atoms with E-state index in [0.29, 0.717) is 12.0 Å². The van der Waals surface area contributed by atoms with Crippen molar-refractivity contribution in [1.82, 2.24) is 5.32 Å². The Bertz CT molecular complexity index is 419. The molecule has 20 heavy (non-hydrogen) atoms. The maximum Gasteiger partial charge on any atom is 0.269 e. The van der Waals surface area contributed by atoms with Gasteiger partial charge in [-0.25, -0.2) is 0 Å². The van der Waals surface area contributed by atoms with Crippen molar-refractivity contribution in [3.8, 4) is 0 Å². The fourth-order valence-corrected chi connectivity index (χ4v) is 2.39. The molecule has 0 aromatic heterocycles. The number of nitrogens with zero attached hydrogens (tertiary/aromatic N) is 1. The summed E-state index contributed by atoms with van der Waals surface area (Å²) < 4.78 is 0. The molecule has 0 fully saturated rings. The fraction of sp³-hybridized carbons (Fsp3) is 0.625. The van der Waals surface area contributed by atoms with Gasteiger partial charge in [-0.05, 0) is 43.7 Å². The molecule has 0 spiro atoms. The lowest BCUT2D eigenvalue weighted by molar-refractivity contribution is -0.384. The molecule has 0 aliphatic carbocycles. The van der Waals surface area contributed by atoms with Gasteiger partial charge >= 0.3 is 0 Å². The van der Waals surface area contributed by atoms with E-state index in [-0.39, 0.29) is 10.6 Å². The summed E-state index contributed by atoms with van der Waals surface area (Å²) in [5.74, 6) is 0.662. The van der Waals surface area contributed by atoms with Crippen LogP contribution >= 0.6 is 0 Å². The highest BCUT2D eigenvalue weighted by Crippen LogP contribution is 2.16. The number of rotatable bonds is 9. The van der Waals surface area contributed by atoms with Gasteiger partial charge in [-0.3, -0.25) is 10.1 Å². The number of nitrogens with one attached hydrogen (secondary N) is 1. The highest BCUT2D eigenvalue weighted by molar-refractivity contribution is 5.34. The molecule has 1 rings (SSSR count). The van der Waals surface area contributed by atoms with E-state index in [2.05, 4.69) is 26.1 Å². The average molecular weight is 278 g/mol. The van der Waals surface area contributed by atoms with Crippen molar-refractivity contribution in [2.75, 3.05) is 6.54 Å². The SMILES string of the molecule is CCCNC(CCc1cccc([N+](=O)[O-])c1)CC(C)C. The Hall–Kier alpha value is -1.42. The van der Waals surface area contributed by atoms with Crippen molar-refractivity contribution in [2.45, 2.75) is 52.5 Å². The van der Waals surface area contributed by atoms with E-state index in [1.807, 2.05) is 6.07 Å². The van der Waals surface area contributed by atoms with Crippen LogP contribution in [0.15, 0.2) is 24.3 Å². The summed E-state index contributed by atoms with van der Waals surface area (Å²) in [6.07, 6.45) is 4.19. The van der Waals surface area contributed by atoms with Gasteiger partial charge in [0.1, 0.15) is 0 Å². The number of hydrogen-bond donors (Lipinski definition) is 1. The zero-order valence-corrected chi connectivity index (χ0v) is 12.8. The lowest BCUT2D eigenvalue weighted by Gasteiger charge is -2.20. The van der Waals surface area contributed by atoms with E-state index in [4.69, 9.17) is 0 Å². The number of nitro benzene ring substituents is 1. The molecule has 1 aromatic carbocycles. The van der Waals surface area contributed by atoms with E-state index < -0.39 is 0 Å². The largest absolute Gasteiger partial charge is 0.314 e. The molecular weight excluding hydrogens is 252 g/mol. The molecule has 112 valence electrons. The highest BCUT2D eigenvalue weighted by atomic mass is 16.6. The monoisotopic (exact) mass is 278 g/mol. The zero-order valence-electron chi connectivity index (χ0n) is 12.8. The average Bonchev–Trinajstić information content (AvgIpc) is 2.41. The van der Waals surface area contributed by atoms with Gasteiger partial charge in [0.25, 0.3) is 5.69 Å². The minimum Gasteiger partial charge on any atom is -0.314 e. The Morgan fingerprint density at radius 2 is 2.10 bits per heavy atom. The van der Waals surface area contributed by atoms with Crippen LogP contribution < -0.4 is 5.32 Å². The predicted octanol–water partition coefficient (Wildman–Crippen LogP) is 3.94. The van der Waals surface area contributed by atoms with Gasteiger partial charge < -0.3 is 5.32 Å². The third-order valence-corrected chi connectivity index (χ3v) is 3.34. The summed E-state index contributed by atoms with van der Waals surface area (Å²) in [5.41, 5.74) is 1.23. The number of aryl methyl sites for hydroxylation is 1. The second-order valence-corrected chi connectivity index (χ2v) is 5.75. The maximum absolute atomic E-state index is 10.8. The summed E-state index contributed by atoms with van der Waals surface area (Å²) >= 11 is 0. The van der Waals surface area contributed by atoms with Crippen LogP contribution in [0.5, 0.6) is 0 Å². The fourth-order valence-electron chi connectivity index (χ4n) is 2.39. The third-order valence-electron chi connectivity index (χ3n) is 3.34. The van der Waals surface area contributed by atoms with Crippen molar-refractivity contribution < 1.29 is 4.92 Å². The van der Waals surface area contributed by atoms with Gasteiger partial charge in [-0.15, -0.1) is 0 Å². The third kappa shape index (κ3) is 6.15. The summed E-state index contributed by atoms with van der Waals surface area (Å²) in [6, 6.07) is 7.47. The molecule has 0 saturated carbocycles. The molecule has 0 saturated heterocycles. The van der Waals surface area contributed by atoms with E-state index in [1.54, 1.807) is 18.2 Å². The zero-order chi connectivity index (χ0) is 15.0. The summed E-state index contributed by atoms with van der Waals surface area (Å²) in [5, 5.41) is 14.3. The molecule has 0 radical (unpaired) electrons. The molecule has 0 aliphatic rings. The summed E-state index contributed by atoms with van der Waals surface area (Å²) in [6.45, 7) is 7.66. The van der Waals surface area contributed by atoms with Crippen molar-refractivity contribution in [1.29, 1.82) is 0 Å². The lowest BCUT2D eigenvalue weighted by atomic mass is 9.97. The first-order valence-electron chi connectivity index (χ1n) is 7.49. The number of non-ortho nitro benzene ring substituents is 1. The minimum absolute atomic E-state index is 0.185. The highest BCUT2D eigenvalue weighted by Gasteiger charge is 2.11. The molecule has 1 unspecified atom stereocenters. The van der Waals surface area contributed by atoms with Crippen LogP contribution in [0.3, 0.4) is 0 Å². The lowest BCUT2D eigenvalue weighted by Crippen LogP contribution is -2.31. The molecule has 1 aromatic rings. The standard InChI is InChI=1S/C16H26N2O2/c1-4-10-17-15(11-13(2)3)9-8-14-6-5-7-16(12-14)18(19)20/h5-7,12-13,15,17H,4,8-11H2,1-3H3. The first kappa shape index (κ1) is 16.6. The van der Waals surface area contributed by atoms with E-state index >= 15 is 0 Å². The Morgan fingerprint density at radius 1 is 1.35 bits per heavy atom. The quantitative estimate of drug-likeness (QED) is 0.550. The van der Waals surface area contributed by atoms with Gasteiger partial charge in [-0.1, -0.05) is 32.9 Å². The van der Waals surface area contributed by atoms with Crippen molar-refractivity contribution in [3.63, 3.8) is 0 Å². The molecule has 1 atom stereocenters. The van der Waals surface area contributed by atoms with Crippen LogP contribution in [0, 0.1) is 16.0 Å². The first-order chi connectivity index (χ1) is 9.52. The molecular formula is C16H26N2O2. The van der Waals surface area contributed by atoms with Crippen molar-refractivity contribution >= 4 is 5.69 Å². The maximum atomic E-state index is 10.8. The summed E-state index contributed by atoms with van der Waals surface area (Å²) in [7, 11) is 0. The molecule has 0 amide bonds. The van der Waals surface area contributed by atoms with Crippen LogP contribution in [-0.2, 0) is 6.42 Å². The Kier molecular flexibility index (Phi) is 7.23. The first-order valence-corrected chi connectivity index (χ1v) is 7.49. The predicted molar refractivity (Wildman–Crippen MR) is 83.0 cm³/mol. The molecule has 0 heterocycles. The van der Waals surface area contributed by atoms with Crippen LogP contribution in [0.4, 0.5) is 5.69 Å². The van der Waals surface area contributed by atoms with E-state index in [1.165, 1.54) is 0 Å². The topological polar surface area (TPSA) is 55.2 Å². The Balaban J connectivity index is 2.57. The van der Waals surface area contributed by atoms with E-state index in [0.717, 1.165) is 37.8 Å². The van der Waals surface area contributed by atoms with Gasteiger partial charge in [0.15, 0.2) is 0 Å². The molecule has 0 bridgehead atoms. The number of nitro groups is 1. The number of benzene rings is 1. The molecule has 4 nitrogen and oxygen atoms in total. The van der Waals surface area contributed by atoms with Gasteiger partial charge in [0, 0.05) is 18.2 Å². The molecule has 4 heteroatoms. The number of hydrogen-bond acceptors (Lipinski definition) is 3. The Morgan fingerprint density at radius 3 is 2.70 bits per heavy atom. The molecule has 1 N–H and O–H groups in total. The summed E-state index contributed by atoms with van der Waals surface area (Å²) in [4.78, 5) is 10.4. The van der Waals surface area contributed by atoms with Gasteiger partial charge in [0.2, 0.25) is 0 Å². The second kappa shape index (κ2) is 8.69. The normalized spacial score (nSPS) is 12.6. The van der Waals surface area contributed by atoms with Gasteiger partial charge in [0.05, 0.1) is 4.92 Å². The van der Waals surface area contributed by atoms with Crippen LogP contribution in [0.1, 0.15) is 45.6 Å². The van der Waals surface area contributed by atoms with E-state index in [9.17, 15) is 10.1 Å². The van der Waals surface area contributed by atoms with Crippen LogP contribution in [0.25, 0.3) is 0 Å². The second-order valence-electron chi connectivity index (χ2n) is 5.75.